The summed E-state index contributed by atoms with van der Waals surface area (Å²) in [5, 5.41) is 13.1. The van der Waals surface area contributed by atoms with Gasteiger partial charge in [-0.15, -0.1) is 0 Å². The molecule has 2 N–H and O–H groups in total. The van der Waals surface area contributed by atoms with Gasteiger partial charge in [-0.25, -0.2) is 0 Å². The lowest BCUT2D eigenvalue weighted by molar-refractivity contribution is 0.288. The van der Waals surface area contributed by atoms with Crippen LogP contribution in [0.5, 0.6) is 0 Å². The molecule has 2 nitrogen and oxygen atoms in total. The maximum Gasteiger partial charge on any atom is 0.0500 e. The second-order valence-electron chi connectivity index (χ2n) is 4.92. The minimum absolute atomic E-state index is 0.150. The van der Waals surface area contributed by atoms with Gasteiger partial charge in [0.1, 0.15) is 0 Å². The van der Waals surface area contributed by atoms with Crippen molar-refractivity contribution in [2.24, 2.45) is 0 Å². The molecular weight excluding hydrogens is 270 g/mol. The van der Waals surface area contributed by atoms with Gasteiger partial charge in [0.05, 0.1) is 0 Å². The van der Waals surface area contributed by atoms with Crippen LogP contribution in [0.25, 0.3) is 0 Å². The average Bonchev–Trinajstić information content (AvgIpc) is 2.46. The fraction of sp³-hybridized carbons (Fsp3) is 0.294. The largest absolute Gasteiger partial charge is 0.396 e. The number of nitrogens with one attached hydrogen (secondary N) is 1. The van der Waals surface area contributed by atoms with Crippen LogP contribution in [0, 0.1) is 0 Å². The number of benzene rings is 2. The quantitative estimate of drug-likeness (QED) is 0.824. The molecule has 0 saturated carbocycles. The summed E-state index contributed by atoms with van der Waals surface area (Å²) in [7, 11) is 0. The summed E-state index contributed by atoms with van der Waals surface area (Å²) in [6.45, 7) is 2.33. The average molecular weight is 290 g/mol. The predicted molar refractivity (Wildman–Crippen MR) is 85.3 cm³/mol. The third-order valence-corrected chi connectivity index (χ3v) is 3.65. The van der Waals surface area contributed by atoms with E-state index >= 15 is 0 Å². The zero-order valence-corrected chi connectivity index (χ0v) is 12.4. The van der Waals surface area contributed by atoms with Crippen LogP contribution in [0.1, 0.15) is 30.5 Å². The second-order valence-corrected chi connectivity index (χ2v) is 5.32. The first-order chi connectivity index (χ1) is 9.70. The normalized spacial score (nSPS) is 12.2. The number of aryl methyl sites for hydroxylation is 1. The molecule has 0 fully saturated rings. The first-order valence-electron chi connectivity index (χ1n) is 6.91. The van der Waals surface area contributed by atoms with Crippen LogP contribution in [0.2, 0.25) is 5.02 Å². The van der Waals surface area contributed by atoms with Crippen molar-refractivity contribution in [1.82, 2.24) is 0 Å². The van der Waals surface area contributed by atoms with Crippen LogP contribution < -0.4 is 5.32 Å². The minimum Gasteiger partial charge on any atom is -0.396 e. The summed E-state index contributed by atoms with van der Waals surface area (Å²) in [6.07, 6.45) is 1.69. The Balaban J connectivity index is 2.08. The molecule has 0 radical (unpaired) electrons. The van der Waals surface area contributed by atoms with Crippen molar-refractivity contribution in [2.45, 2.75) is 25.8 Å². The first kappa shape index (κ1) is 14.9. The highest BCUT2D eigenvalue weighted by Gasteiger charge is 2.08. The van der Waals surface area contributed by atoms with E-state index in [0.29, 0.717) is 0 Å². The highest BCUT2D eigenvalue weighted by molar-refractivity contribution is 6.31. The summed E-state index contributed by atoms with van der Waals surface area (Å²) in [4.78, 5) is 0. The smallest absolute Gasteiger partial charge is 0.0500 e. The van der Waals surface area contributed by atoms with Crippen molar-refractivity contribution in [3.05, 3.63) is 64.7 Å². The Morgan fingerprint density at radius 3 is 2.70 bits per heavy atom. The lowest BCUT2D eigenvalue weighted by Crippen LogP contribution is -2.07. The van der Waals surface area contributed by atoms with Gasteiger partial charge < -0.3 is 10.4 Å². The van der Waals surface area contributed by atoms with Crippen LogP contribution in [-0.2, 0) is 6.42 Å². The van der Waals surface area contributed by atoms with E-state index in [1.807, 2.05) is 30.3 Å². The van der Waals surface area contributed by atoms with Gasteiger partial charge in [-0.05, 0) is 49.1 Å². The lowest BCUT2D eigenvalue weighted by Gasteiger charge is -2.17. The highest BCUT2D eigenvalue weighted by Crippen LogP contribution is 2.26. The third-order valence-electron chi connectivity index (χ3n) is 3.31. The highest BCUT2D eigenvalue weighted by atomic mass is 35.5. The molecule has 0 bridgehead atoms. The molecule has 20 heavy (non-hydrogen) atoms. The zero-order valence-electron chi connectivity index (χ0n) is 11.6. The lowest BCUT2D eigenvalue weighted by atomic mass is 10.1. The van der Waals surface area contributed by atoms with Crippen molar-refractivity contribution >= 4 is 17.3 Å². The van der Waals surface area contributed by atoms with Crippen LogP contribution >= 0.6 is 11.6 Å². The summed E-state index contributed by atoms with van der Waals surface area (Å²) in [5.41, 5.74) is 3.40. The molecule has 0 spiro atoms. The fourth-order valence-corrected chi connectivity index (χ4v) is 2.55. The summed E-state index contributed by atoms with van der Waals surface area (Å²) in [6, 6.07) is 16.3. The van der Waals surface area contributed by atoms with Gasteiger partial charge in [0, 0.05) is 23.4 Å². The number of halogens is 1. The number of hydrogen-bond acceptors (Lipinski definition) is 2. The van der Waals surface area contributed by atoms with Gasteiger partial charge in [-0.1, -0.05) is 41.9 Å². The fourth-order valence-electron chi connectivity index (χ4n) is 2.25. The molecule has 2 aromatic carbocycles. The zero-order chi connectivity index (χ0) is 14.4. The molecule has 0 aromatic heterocycles. The maximum absolute atomic E-state index is 8.89. The minimum atomic E-state index is 0.150. The van der Waals surface area contributed by atoms with E-state index in [2.05, 4.69) is 30.4 Å². The Morgan fingerprint density at radius 1 is 1.15 bits per heavy atom. The Labute approximate surface area is 125 Å². The molecule has 0 heterocycles. The van der Waals surface area contributed by atoms with Crippen LogP contribution in [0.15, 0.2) is 48.5 Å². The Hall–Kier alpha value is -1.51. The molecule has 1 unspecified atom stereocenters. The Morgan fingerprint density at radius 2 is 1.95 bits per heavy atom. The second kappa shape index (κ2) is 7.32. The molecule has 1 atom stereocenters. The molecule has 0 aliphatic carbocycles. The molecule has 106 valence electrons. The van der Waals surface area contributed by atoms with E-state index in [0.717, 1.165) is 29.1 Å². The molecule has 3 heteroatoms. The van der Waals surface area contributed by atoms with E-state index in [-0.39, 0.29) is 12.6 Å². The number of aliphatic hydroxyl groups excluding tert-OH is 1. The van der Waals surface area contributed by atoms with E-state index in [1.165, 1.54) is 5.56 Å². The molecule has 0 aliphatic rings. The van der Waals surface area contributed by atoms with Gasteiger partial charge in [0.25, 0.3) is 0 Å². The van der Waals surface area contributed by atoms with Crippen LogP contribution in [-0.4, -0.2) is 11.7 Å². The molecule has 0 aliphatic heterocycles. The number of hydrogen-bond donors (Lipinski definition) is 2. The third kappa shape index (κ3) is 3.99. The molecule has 0 saturated heterocycles. The van der Waals surface area contributed by atoms with Gasteiger partial charge in [0.2, 0.25) is 0 Å². The van der Waals surface area contributed by atoms with Crippen molar-refractivity contribution in [3.8, 4) is 0 Å². The molecule has 0 amide bonds. The number of anilines is 1. The maximum atomic E-state index is 8.89. The van der Waals surface area contributed by atoms with Crippen LogP contribution in [0.4, 0.5) is 5.69 Å². The summed E-state index contributed by atoms with van der Waals surface area (Å²) < 4.78 is 0. The van der Waals surface area contributed by atoms with Gasteiger partial charge in [-0.2, -0.15) is 0 Å². The monoisotopic (exact) mass is 289 g/mol. The van der Waals surface area contributed by atoms with E-state index in [9.17, 15) is 0 Å². The standard InChI is InChI=1S/C17H20ClNO/c1-13(16-9-2-3-10-17(16)18)19-15-8-4-6-14(12-15)7-5-11-20/h2-4,6,8-10,12-13,19-20H,5,7,11H2,1H3. The van der Waals surface area contributed by atoms with E-state index in [4.69, 9.17) is 16.7 Å². The van der Waals surface area contributed by atoms with Gasteiger partial charge in [-0.3, -0.25) is 0 Å². The number of rotatable bonds is 6. The Kier molecular flexibility index (Phi) is 5.45. The van der Waals surface area contributed by atoms with Gasteiger partial charge in [0.15, 0.2) is 0 Å². The molecule has 2 rings (SSSR count). The van der Waals surface area contributed by atoms with E-state index < -0.39 is 0 Å². The molecule has 2 aromatic rings. The topological polar surface area (TPSA) is 32.3 Å². The van der Waals surface area contributed by atoms with Gasteiger partial charge >= 0.3 is 0 Å². The predicted octanol–water partition coefficient (Wildman–Crippen LogP) is 4.44. The van der Waals surface area contributed by atoms with Crippen molar-refractivity contribution in [1.29, 1.82) is 0 Å². The Bertz CT molecular complexity index is 556. The SMILES string of the molecule is CC(Nc1cccc(CCCO)c1)c1ccccc1Cl. The van der Waals surface area contributed by atoms with E-state index in [1.54, 1.807) is 0 Å². The summed E-state index contributed by atoms with van der Waals surface area (Å²) in [5.74, 6) is 0. The van der Waals surface area contributed by atoms with Crippen LogP contribution in [0.3, 0.4) is 0 Å². The van der Waals surface area contributed by atoms with Crippen molar-refractivity contribution in [2.75, 3.05) is 11.9 Å². The summed E-state index contributed by atoms with van der Waals surface area (Å²) >= 11 is 6.22. The van der Waals surface area contributed by atoms with Crippen molar-refractivity contribution < 1.29 is 5.11 Å². The first-order valence-corrected chi connectivity index (χ1v) is 7.29. The van der Waals surface area contributed by atoms with Crippen molar-refractivity contribution in [3.63, 3.8) is 0 Å². The number of aliphatic hydroxyl groups is 1. The molecular formula is C17H20ClNO.